The Morgan fingerprint density at radius 1 is 1.12 bits per heavy atom. The molecule has 0 saturated carbocycles. The molecule has 0 amide bonds. The molecule has 2 aromatic rings. The Morgan fingerprint density at radius 3 is 2.38 bits per heavy atom. The van der Waals surface area contributed by atoms with Crippen molar-refractivity contribution in [3.05, 3.63) is 64.4 Å². The molecule has 0 saturated heterocycles. The predicted molar refractivity (Wildman–Crippen MR) is 76.0 cm³/mol. The van der Waals surface area contributed by atoms with Gasteiger partial charge in [0, 0.05) is 6.07 Å². The van der Waals surface area contributed by atoms with Crippen molar-refractivity contribution in [2.24, 2.45) is 0 Å². The zero-order valence-electron chi connectivity index (χ0n) is 11.8. The molecule has 0 radical (unpaired) electrons. The third-order valence-electron chi connectivity index (χ3n) is 3.37. The molecule has 0 N–H and O–H groups in total. The molecule has 0 bridgehead atoms. The summed E-state index contributed by atoms with van der Waals surface area (Å²) in [5, 5.41) is 21.1. The average Bonchev–Trinajstić information content (AvgIpc) is 2.78. The number of rotatable bonds is 2. The normalized spacial score (nSPS) is 13.7. The number of nitriles is 1. The van der Waals surface area contributed by atoms with Crippen molar-refractivity contribution in [2.75, 3.05) is 0 Å². The third kappa shape index (κ3) is 2.67. The fourth-order valence-electron chi connectivity index (χ4n) is 2.37. The van der Waals surface area contributed by atoms with Gasteiger partial charge in [-0.05, 0) is 36.4 Å². The molecule has 0 atom stereocenters. The number of halogens is 3. The fraction of sp³-hybridized carbons (Fsp3) is 0.0625. The van der Waals surface area contributed by atoms with E-state index in [9.17, 15) is 23.2 Å². The van der Waals surface area contributed by atoms with Crippen molar-refractivity contribution in [1.82, 2.24) is 0 Å². The highest BCUT2D eigenvalue weighted by Gasteiger charge is 2.37. The van der Waals surface area contributed by atoms with Crippen molar-refractivity contribution in [3.8, 4) is 11.8 Å². The monoisotopic (exact) mass is 332 g/mol. The number of ketones is 1. The summed E-state index contributed by atoms with van der Waals surface area (Å²) in [7, 11) is 0. The summed E-state index contributed by atoms with van der Waals surface area (Å²) in [5.41, 5.74) is 0.322. The number of hydrogen-bond acceptors (Lipinski definition) is 4. The zero-order chi connectivity index (χ0) is 17.5. The van der Waals surface area contributed by atoms with Gasteiger partial charge in [0.05, 0.1) is 17.2 Å². The summed E-state index contributed by atoms with van der Waals surface area (Å²) in [4.78, 5) is 12.4. The molecule has 0 unspecified atom stereocenters. The van der Waals surface area contributed by atoms with Crippen LogP contribution in [-0.2, 0) is 0 Å². The lowest BCUT2D eigenvalue weighted by molar-refractivity contribution is -0.355. The number of benzene rings is 2. The predicted octanol–water partition coefficient (Wildman–Crippen LogP) is 3.28. The van der Waals surface area contributed by atoms with E-state index in [0.717, 1.165) is 12.1 Å². The van der Waals surface area contributed by atoms with Gasteiger partial charge in [-0.3, -0.25) is 4.79 Å². The third-order valence-corrected chi connectivity index (χ3v) is 3.37. The largest absolute Gasteiger partial charge is 0.618 e. The van der Waals surface area contributed by atoms with Crippen LogP contribution < -0.4 is 4.74 Å². The molecular weight excluding hydrogens is 325 g/mol. The van der Waals surface area contributed by atoms with Crippen LogP contribution in [0.5, 0.6) is 5.75 Å². The molecule has 24 heavy (non-hydrogen) atoms. The minimum absolute atomic E-state index is 0.0784. The van der Waals surface area contributed by atoms with Gasteiger partial charge in [-0.1, -0.05) is 0 Å². The number of carbonyl (C=O) groups is 1. The summed E-state index contributed by atoms with van der Waals surface area (Å²) < 4.78 is 40.6. The van der Waals surface area contributed by atoms with Crippen LogP contribution >= 0.6 is 0 Å². The molecule has 2 aromatic carbocycles. The number of ether oxygens (including phenoxy) is 1. The number of fused-ring (bicyclic) bond motifs is 1. The van der Waals surface area contributed by atoms with Gasteiger partial charge in [0.25, 0.3) is 11.5 Å². The second kappa shape index (κ2) is 5.38. The van der Waals surface area contributed by atoms with Crippen molar-refractivity contribution >= 4 is 17.2 Å². The van der Waals surface area contributed by atoms with Gasteiger partial charge in [-0.15, -0.1) is 13.2 Å². The van der Waals surface area contributed by atoms with Gasteiger partial charge in [0.1, 0.15) is 11.3 Å². The van der Waals surface area contributed by atoms with Crippen LogP contribution in [0.2, 0.25) is 0 Å². The topological polar surface area (TPSA) is 76.2 Å². The lowest BCUT2D eigenvalue weighted by Crippen LogP contribution is -2.18. The first kappa shape index (κ1) is 15.6. The molecule has 0 spiro atoms. The average molecular weight is 332 g/mol. The Kier molecular flexibility index (Phi) is 3.49. The molecule has 1 aliphatic rings. The van der Waals surface area contributed by atoms with E-state index in [4.69, 9.17) is 5.26 Å². The summed E-state index contributed by atoms with van der Waals surface area (Å²) >= 11 is 0. The molecule has 0 fully saturated rings. The number of hydrogen-bond donors (Lipinski definition) is 0. The second-order valence-corrected chi connectivity index (χ2v) is 4.89. The van der Waals surface area contributed by atoms with E-state index >= 15 is 0 Å². The maximum Gasteiger partial charge on any atom is 0.573 e. The van der Waals surface area contributed by atoms with E-state index in [2.05, 4.69) is 4.74 Å². The van der Waals surface area contributed by atoms with Crippen LogP contribution in [0.25, 0.3) is 0 Å². The fourth-order valence-corrected chi connectivity index (χ4v) is 2.37. The van der Waals surface area contributed by atoms with E-state index < -0.39 is 17.9 Å². The highest BCUT2D eigenvalue weighted by Crippen LogP contribution is 2.30. The minimum atomic E-state index is -4.83. The lowest BCUT2D eigenvalue weighted by atomic mass is 10.0. The summed E-state index contributed by atoms with van der Waals surface area (Å²) in [6, 6.07) is 10.3. The maximum absolute atomic E-state index is 12.4. The number of alkyl halides is 3. The Hall–Kier alpha value is -3.34. The van der Waals surface area contributed by atoms with E-state index in [1.54, 1.807) is 0 Å². The number of carbonyl (C=O) groups excluding carboxylic acids is 1. The van der Waals surface area contributed by atoms with E-state index in [0.29, 0.717) is 4.74 Å². The highest BCUT2D eigenvalue weighted by atomic mass is 19.4. The van der Waals surface area contributed by atoms with E-state index in [-0.39, 0.29) is 28.1 Å². The maximum atomic E-state index is 12.4. The van der Waals surface area contributed by atoms with E-state index in [1.807, 2.05) is 6.07 Å². The molecule has 8 heteroatoms. The van der Waals surface area contributed by atoms with Crippen molar-refractivity contribution in [2.45, 2.75) is 6.36 Å². The molecule has 0 aliphatic carbocycles. The highest BCUT2D eigenvalue weighted by molar-refractivity contribution is 6.52. The smallest absolute Gasteiger partial charge is 0.573 e. The van der Waals surface area contributed by atoms with Crippen LogP contribution in [0, 0.1) is 16.5 Å². The first-order chi connectivity index (χ1) is 11.3. The number of Topliss-reactive ketones (excluding diaryl/α,β-unsaturated/α-hetero) is 1. The van der Waals surface area contributed by atoms with Gasteiger partial charge >= 0.3 is 6.36 Å². The molecule has 1 aliphatic heterocycles. The molecule has 1 heterocycles. The van der Waals surface area contributed by atoms with Crippen molar-refractivity contribution in [1.29, 1.82) is 5.26 Å². The SMILES string of the molecule is N#Cc1ccc2c(c1)C(=O)C(c1ccc(OC(F)(F)F)cc1)=[N+]2[O-]. The molecule has 120 valence electrons. The standard InChI is InChI=1S/C16H7F3N2O3/c17-16(18,19)24-11-4-2-10(3-5-11)14-15(22)12-7-9(8-20)1-6-13(12)21(14)23/h1-7H. The summed E-state index contributed by atoms with van der Waals surface area (Å²) in [6.07, 6.45) is -4.83. The Labute approximate surface area is 133 Å². The van der Waals surface area contributed by atoms with Crippen LogP contribution in [0.1, 0.15) is 21.5 Å². The summed E-state index contributed by atoms with van der Waals surface area (Å²) in [6.45, 7) is 0. The van der Waals surface area contributed by atoms with Gasteiger partial charge in [0.15, 0.2) is 0 Å². The Morgan fingerprint density at radius 2 is 1.79 bits per heavy atom. The Bertz CT molecular complexity index is 910. The first-order valence-corrected chi connectivity index (χ1v) is 6.59. The van der Waals surface area contributed by atoms with Gasteiger partial charge in [-0.25, -0.2) is 0 Å². The van der Waals surface area contributed by atoms with Crippen LogP contribution in [0.3, 0.4) is 0 Å². The van der Waals surface area contributed by atoms with Gasteiger partial charge in [-0.2, -0.15) is 10.0 Å². The lowest BCUT2D eigenvalue weighted by Gasteiger charge is -2.08. The van der Waals surface area contributed by atoms with Crippen LogP contribution in [-0.4, -0.2) is 22.6 Å². The Balaban J connectivity index is 1.97. The second-order valence-electron chi connectivity index (χ2n) is 4.89. The van der Waals surface area contributed by atoms with Crippen molar-refractivity contribution < 1.29 is 27.4 Å². The number of nitrogens with zero attached hydrogens (tertiary/aromatic N) is 2. The van der Waals surface area contributed by atoms with Gasteiger partial charge < -0.3 is 9.94 Å². The zero-order valence-corrected chi connectivity index (χ0v) is 11.8. The van der Waals surface area contributed by atoms with Crippen molar-refractivity contribution in [3.63, 3.8) is 0 Å². The quantitative estimate of drug-likeness (QED) is 0.625. The van der Waals surface area contributed by atoms with Crippen LogP contribution in [0.4, 0.5) is 18.9 Å². The molecule has 0 aromatic heterocycles. The molecule has 5 nitrogen and oxygen atoms in total. The molecular formula is C16H7F3N2O3. The molecule has 3 rings (SSSR count). The minimum Gasteiger partial charge on any atom is -0.618 e. The van der Waals surface area contributed by atoms with Crippen LogP contribution in [0.15, 0.2) is 42.5 Å². The summed E-state index contributed by atoms with van der Waals surface area (Å²) in [5.74, 6) is -1.05. The van der Waals surface area contributed by atoms with Gasteiger partial charge in [0.2, 0.25) is 5.69 Å². The first-order valence-electron chi connectivity index (χ1n) is 6.59. The van der Waals surface area contributed by atoms with E-state index in [1.165, 1.54) is 30.3 Å².